The Morgan fingerprint density at radius 2 is 1.10 bits per heavy atom. The van der Waals surface area contributed by atoms with Gasteiger partial charge in [0.25, 0.3) is 0 Å². The molecule has 0 aromatic carbocycles. The van der Waals surface area contributed by atoms with E-state index in [2.05, 4.69) is 25.9 Å². The van der Waals surface area contributed by atoms with Crippen LogP contribution < -0.4 is 0 Å². The minimum absolute atomic E-state index is 0.514. The maximum atomic E-state index is 6.50. The standard InChI is InChI=1S/C27H55NO/c1-4-5-6-7-8-10-13-16-19-22-26(28(2)3)25-29-27-23-20-17-14-11-9-12-15-18-21-24-27/h26-27H,4-25H2,1-3H3. The second kappa shape index (κ2) is 19.9. The predicted octanol–water partition coefficient (Wildman–Crippen LogP) is 8.53. The quantitative estimate of drug-likeness (QED) is 0.266. The second-order valence-corrected chi connectivity index (χ2v) is 9.95. The molecule has 0 saturated heterocycles. The van der Waals surface area contributed by atoms with E-state index in [4.69, 9.17) is 4.74 Å². The van der Waals surface area contributed by atoms with Gasteiger partial charge in [-0.1, -0.05) is 122 Å². The fourth-order valence-electron chi connectivity index (χ4n) is 4.72. The van der Waals surface area contributed by atoms with Crippen molar-refractivity contribution in [3.63, 3.8) is 0 Å². The van der Waals surface area contributed by atoms with E-state index >= 15 is 0 Å². The monoisotopic (exact) mass is 409 g/mol. The van der Waals surface area contributed by atoms with E-state index in [1.807, 2.05) is 0 Å². The minimum Gasteiger partial charge on any atom is -0.377 e. The third-order valence-corrected chi connectivity index (χ3v) is 6.95. The van der Waals surface area contributed by atoms with Crippen molar-refractivity contribution in [3.8, 4) is 0 Å². The van der Waals surface area contributed by atoms with Gasteiger partial charge < -0.3 is 9.64 Å². The molecule has 2 nitrogen and oxygen atoms in total. The summed E-state index contributed by atoms with van der Waals surface area (Å²) < 4.78 is 6.50. The van der Waals surface area contributed by atoms with Gasteiger partial charge in [-0.25, -0.2) is 0 Å². The van der Waals surface area contributed by atoms with Gasteiger partial charge in [0.2, 0.25) is 0 Å². The third kappa shape index (κ3) is 16.3. The van der Waals surface area contributed by atoms with Crippen molar-refractivity contribution in [2.24, 2.45) is 0 Å². The Morgan fingerprint density at radius 3 is 1.59 bits per heavy atom. The zero-order valence-corrected chi connectivity index (χ0v) is 20.6. The molecule has 0 radical (unpaired) electrons. The lowest BCUT2D eigenvalue weighted by Gasteiger charge is -2.27. The van der Waals surface area contributed by atoms with Crippen LogP contribution in [0.3, 0.4) is 0 Å². The molecule has 1 unspecified atom stereocenters. The number of unbranched alkanes of at least 4 members (excludes halogenated alkanes) is 8. The first-order valence-electron chi connectivity index (χ1n) is 13.5. The molecule has 0 heterocycles. The molecule has 0 N–H and O–H groups in total. The van der Waals surface area contributed by atoms with E-state index in [0.29, 0.717) is 12.1 Å². The number of rotatable bonds is 14. The Bertz CT molecular complexity index is 318. The van der Waals surface area contributed by atoms with Crippen molar-refractivity contribution < 1.29 is 4.74 Å². The van der Waals surface area contributed by atoms with Crippen LogP contribution in [0.4, 0.5) is 0 Å². The summed E-state index contributed by atoms with van der Waals surface area (Å²) in [5.41, 5.74) is 0. The number of hydrogen-bond acceptors (Lipinski definition) is 2. The molecule has 2 heteroatoms. The predicted molar refractivity (Wildman–Crippen MR) is 130 cm³/mol. The molecule has 0 aliphatic heterocycles. The first-order chi connectivity index (χ1) is 14.2. The summed E-state index contributed by atoms with van der Waals surface area (Å²) in [6.45, 7) is 3.24. The van der Waals surface area contributed by atoms with Crippen molar-refractivity contribution in [1.82, 2.24) is 4.90 Å². The average molecular weight is 410 g/mol. The zero-order chi connectivity index (χ0) is 21.0. The molecular weight excluding hydrogens is 354 g/mol. The number of likely N-dealkylation sites (N-methyl/N-ethyl adjacent to an activating group) is 1. The highest BCUT2D eigenvalue weighted by Crippen LogP contribution is 2.20. The van der Waals surface area contributed by atoms with Gasteiger partial charge in [0.1, 0.15) is 0 Å². The molecule has 1 rings (SSSR count). The van der Waals surface area contributed by atoms with Gasteiger partial charge in [-0.05, 0) is 33.4 Å². The van der Waals surface area contributed by atoms with Gasteiger partial charge in [-0.15, -0.1) is 0 Å². The Balaban J connectivity index is 2.18. The molecule has 0 aromatic rings. The van der Waals surface area contributed by atoms with Gasteiger partial charge >= 0.3 is 0 Å². The minimum atomic E-state index is 0.514. The maximum Gasteiger partial charge on any atom is 0.0625 e. The first-order valence-corrected chi connectivity index (χ1v) is 13.5. The second-order valence-electron chi connectivity index (χ2n) is 9.95. The van der Waals surface area contributed by atoms with Crippen molar-refractivity contribution in [2.45, 2.75) is 154 Å². The summed E-state index contributed by atoms with van der Waals surface area (Å²) in [6.07, 6.45) is 29.9. The molecule has 1 saturated carbocycles. The van der Waals surface area contributed by atoms with Gasteiger partial charge in [-0.2, -0.15) is 0 Å². The maximum absolute atomic E-state index is 6.50. The SMILES string of the molecule is CCCCCCCCCCCC(COC1CCCCCCCCCCC1)N(C)C. The first kappa shape index (κ1) is 27.0. The summed E-state index contributed by atoms with van der Waals surface area (Å²) in [5.74, 6) is 0. The van der Waals surface area contributed by atoms with Crippen molar-refractivity contribution in [3.05, 3.63) is 0 Å². The van der Waals surface area contributed by atoms with Gasteiger partial charge in [0.05, 0.1) is 12.7 Å². The lowest BCUT2D eigenvalue weighted by atomic mass is 9.99. The summed E-state index contributed by atoms with van der Waals surface area (Å²) in [4.78, 5) is 2.40. The van der Waals surface area contributed by atoms with Crippen LogP contribution in [0.2, 0.25) is 0 Å². The Hall–Kier alpha value is -0.0800. The van der Waals surface area contributed by atoms with E-state index in [1.54, 1.807) is 0 Å². The topological polar surface area (TPSA) is 12.5 Å². The van der Waals surface area contributed by atoms with Crippen LogP contribution >= 0.6 is 0 Å². The van der Waals surface area contributed by atoms with Crippen LogP contribution in [0.25, 0.3) is 0 Å². The highest BCUT2D eigenvalue weighted by molar-refractivity contribution is 4.69. The van der Waals surface area contributed by atoms with E-state index < -0.39 is 0 Å². The fourth-order valence-corrected chi connectivity index (χ4v) is 4.72. The summed E-state index contributed by atoms with van der Waals surface area (Å²) in [7, 11) is 4.48. The van der Waals surface area contributed by atoms with Crippen molar-refractivity contribution in [1.29, 1.82) is 0 Å². The Kier molecular flexibility index (Phi) is 18.5. The smallest absolute Gasteiger partial charge is 0.0625 e. The average Bonchev–Trinajstić information content (AvgIpc) is 2.70. The van der Waals surface area contributed by atoms with Gasteiger partial charge in [0.15, 0.2) is 0 Å². The van der Waals surface area contributed by atoms with E-state index in [1.165, 1.54) is 135 Å². The van der Waals surface area contributed by atoms with Gasteiger partial charge in [-0.3, -0.25) is 0 Å². The van der Waals surface area contributed by atoms with Crippen LogP contribution in [-0.2, 0) is 4.74 Å². The number of hydrogen-bond donors (Lipinski definition) is 0. The molecule has 1 aliphatic rings. The van der Waals surface area contributed by atoms with Crippen LogP contribution in [0.5, 0.6) is 0 Å². The number of nitrogens with zero attached hydrogens (tertiary/aromatic N) is 1. The van der Waals surface area contributed by atoms with Crippen molar-refractivity contribution >= 4 is 0 Å². The Labute approximate surface area is 184 Å². The molecule has 1 aliphatic carbocycles. The van der Waals surface area contributed by atoms with Crippen molar-refractivity contribution in [2.75, 3.05) is 20.7 Å². The van der Waals surface area contributed by atoms with E-state index in [9.17, 15) is 0 Å². The molecule has 1 atom stereocenters. The lowest BCUT2D eigenvalue weighted by molar-refractivity contribution is 0.00493. The van der Waals surface area contributed by atoms with Crippen LogP contribution in [-0.4, -0.2) is 37.7 Å². The normalized spacial score (nSPS) is 19.0. The summed E-state index contributed by atoms with van der Waals surface area (Å²) in [6, 6.07) is 0.598. The Morgan fingerprint density at radius 1 is 0.655 bits per heavy atom. The molecule has 0 spiro atoms. The zero-order valence-electron chi connectivity index (χ0n) is 20.6. The molecule has 0 amide bonds. The number of ether oxygens (including phenoxy) is 1. The molecule has 174 valence electrons. The lowest BCUT2D eigenvalue weighted by Crippen LogP contribution is -2.34. The van der Waals surface area contributed by atoms with E-state index in [0.717, 1.165) is 6.61 Å². The molecule has 29 heavy (non-hydrogen) atoms. The molecule has 0 bridgehead atoms. The molecular formula is C27H55NO. The van der Waals surface area contributed by atoms with Crippen LogP contribution in [0.1, 0.15) is 142 Å². The van der Waals surface area contributed by atoms with E-state index in [-0.39, 0.29) is 0 Å². The molecule has 1 fully saturated rings. The largest absolute Gasteiger partial charge is 0.377 e. The highest BCUT2D eigenvalue weighted by Gasteiger charge is 2.16. The third-order valence-electron chi connectivity index (χ3n) is 6.95. The van der Waals surface area contributed by atoms with Crippen LogP contribution in [0, 0.1) is 0 Å². The highest BCUT2D eigenvalue weighted by atomic mass is 16.5. The summed E-state index contributed by atoms with van der Waals surface area (Å²) >= 11 is 0. The fraction of sp³-hybridized carbons (Fsp3) is 1.00. The molecule has 0 aromatic heterocycles. The van der Waals surface area contributed by atoms with Crippen LogP contribution in [0.15, 0.2) is 0 Å². The summed E-state index contributed by atoms with van der Waals surface area (Å²) in [5, 5.41) is 0. The van der Waals surface area contributed by atoms with Gasteiger partial charge in [0, 0.05) is 6.04 Å².